The molecule has 0 atom stereocenters. The number of piperidine rings is 1. The van der Waals surface area contributed by atoms with Crippen LogP contribution in [0.3, 0.4) is 0 Å². The van der Waals surface area contributed by atoms with E-state index in [-0.39, 0.29) is 0 Å². The van der Waals surface area contributed by atoms with E-state index < -0.39 is 10.0 Å². The number of rotatable bonds is 7. The van der Waals surface area contributed by atoms with Crippen LogP contribution in [-0.4, -0.2) is 44.1 Å². The van der Waals surface area contributed by atoms with Crippen molar-refractivity contribution in [3.05, 3.63) is 59.5 Å². The highest BCUT2D eigenvalue weighted by molar-refractivity contribution is 7.89. The molecule has 1 fully saturated rings. The zero-order valence-electron chi connectivity index (χ0n) is 17.2. The van der Waals surface area contributed by atoms with Crippen molar-refractivity contribution in [1.29, 1.82) is 0 Å². The summed E-state index contributed by atoms with van der Waals surface area (Å²) >= 11 is 1.44. The Balaban J connectivity index is 1.41. The lowest BCUT2D eigenvalue weighted by molar-refractivity contribution is 0.346. The van der Waals surface area contributed by atoms with Crippen molar-refractivity contribution in [3.63, 3.8) is 0 Å². The standard InChI is InChI=1S/C22H24N4O3S2/c1-29-19-9-5-17(6-10-19)15-23-25-22-24-21(16-30-22)18-7-11-20(12-8-18)31(27,28)26-13-3-2-4-14-26/h5-12,15-16H,2-4,13-14H2,1H3,(H,24,25)/b23-15+. The Bertz CT molecular complexity index is 1130. The molecule has 1 aliphatic rings. The Morgan fingerprint density at radius 2 is 1.77 bits per heavy atom. The molecule has 0 radical (unpaired) electrons. The average molecular weight is 457 g/mol. The number of hydrazone groups is 1. The van der Waals surface area contributed by atoms with Gasteiger partial charge in [-0.05, 0) is 54.8 Å². The van der Waals surface area contributed by atoms with Gasteiger partial charge in [-0.1, -0.05) is 18.6 Å². The number of nitrogens with one attached hydrogen (secondary N) is 1. The molecular weight excluding hydrogens is 432 g/mol. The molecule has 1 saturated heterocycles. The first kappa shape index (κ1) is 21.5. The minimum absolute atomic E-state index is 0.329. The summed E-state index contributed by atoms with van der Waals surface area (Å²) in [5.41, 5.74) is 5.51. The molecule has 0 saturated carbocycles. The number of ether oxygens (including phenoxy) is 1. The number of anilines is 1. The van der Waals surface area contributed by atoms with Crippen LogP contribution in [0.2, 0.25) is 0 Å². The summed E-state index contributed by atoms with van der Waals surface area (Å²) < 4.78 is 32.3. The van der Waals surface area contributed by atoms with Crippen molar-refractivity contribution >= 4 is 32.7 Å². The van der Waals surface area contributed by atoms with Crippen LogP contribution in [0.4, 0.5) is 5.13 Å². The van der Waals surface area contributed by atoms with Crippen LogP contribution in [0.1, 0.15) is 24.8 Å². The fraction of sp³-hybridized carbons (Fsp3) is 0.273. The van der Waals surface area contributed by atoms with E-state index in [9.17, 15) is 8.42 Å². The van der Waals surface area contributed by atoms with E-state index in [0.717, 1.165) is 41.8 Å². The average Bonchev–Trinajstić information content (AvgIpc) is 3.29. The van der Waals surface area contributed by atoms with Gasteiger partial charge in [0.2, 0.25) is 15.2 Å². The normalized spacial score (nSPS) is 15.3. The van der Waals surface area contributed by atoms with Crippen molar-refractivity contribution in [2.24, 2.45) is 5.10 Å². The maximum absolute atomic E-state index is 12.8. The van der Waals surface area contributed by atoms with Gasteiger partial charge in [-0.2, -0.15) is 9.41 Å². The second kappa shape index (κ2) is 9.59. The van der Waals surface area contributed by atoms with Crippen molar-refractivity contribution in [3.8, 4) is 17.0 Å². The molecule has 1 aromatic heterocycles. The van der Waals surface area contributed by atoms with E-state index in [0.29, 0.717) is 23.1 Å². The van der Waals surface area contributed by atoms with Crippen LogP contribution >= 0.6 is 11.3 Å². The van der Waals surface area contributed by atoms with Crippen LogP contribution in [-0.2, 0) is 10.0 Å². The number of thiazole rings is 1. The fourth-order valence-electron chi connectivity index (χ4n) is 3.36. The summed E-state index contributed by atoms with van der Waals surface area (Å²) in [5, 5.41) is 6.79. The van der Waals surface area contributed by atoms with Crippen molar-refractivity contribution in [2.45, 2.75) is 24.2 Å². The minimum atomic E-state index is -3.42. The van der Waals surface area contributed by atoms with E-state index in [1.54, 1.807) is 41.9 Å². The monoisotopic (exact) mass is 456 g/mol. The van der Waals surface area contributed by atoms with Crippen molar-refractivity contribution in [2.75, 3.05) is 25.6 Å². The van der Waals surface area contributed by atoms with Crippen molar-refractivity contribution in [1.82, 2.24) is 9.29 Å². The minimum Gasteiger partial charge on any atom is -0.497 e. The molecule has 7 nitrogen and oxygen atoms in total. The molecule has 0 bridgehead atoms. The van der Waals surface area contributed by atoms with Crippen LogP contribution in [0.25, 0.3) is 11.3 Å². The summed E-state index contributed by atoms with van der Waals surface area (Å²) in [4.78, 5) is 4.86. The SMILES string of the molecule is COc1ccc(/C=N/Nc2nc(-c3ccc(S(=O)(=O)N4CCCCC4)cc3)cs2)cc1. The molecule has 1 aliphatic heterocycles. The molecule has 4 rings (SSSR count). The molecular formula is C22H24N4O3S2. The smallest absolute Gasteiger partial charge is 0.243 e. The highest BCUT2D eigenvalue weighted by Gasteiger charge is 2.25. The lowest BCUT2D eigenvalue weighted by atomic mass is 10.2. The summed E-state index contributed by atoms with van der Waals surface area (Å²) in [6.45, 7) is 1.20. The molecule has 0 amide bonds. The lowest BCUT2D eigenvalue weighted by Gasteiger charge is -2.25. The molecule has 0 unspecified atom stereocenters. The third-order valence-corrected chi connectivity index (χ3v) is 7.76. The van der Waals surface area contributed by atoms with E-state index in [1.165, 1.54) is 11.3 Å². The van der Waals surface area contributed by atoms with Gasteiger partial charge in [-0.15, -0.1) is 11.3 Å². The lowest BCUT2D eigenvalue weighted by Crippen LogP contribution is -2.35. The van der Waals surface area contributed by atoms with Crippen LogP contribution in [0, 0.1) is 0 Å². The largest absolute Gasteiger partial charge is 0.497 e. The molecule has 31 heavy (non-hydrogen) atoms. The van der Waals surface area contributed by atoms with Crippen LogP contribution < -0.4 is 10.2 Å². The topological polar surface area (TPSA) is 83.9 Å². The maximum atomic E-state index is 12.8. The zero-order valence-corrected chi connectivity index (χ0v) is 18.8. The quantitative estimate of drug-likeness (QED) is 0.420. The van der Waals surface area contributed by atoms with Gasteiger partial charge in [0.25, 0.3) is 0 Å². The molecule has 1 N–H and O–H groups in total. The Labute approximate surface area is 186 Å². The fourth-order valence-corrected chi connectivity index (χ4v) is 5.55. The van der Waals surface area contributed by atoms with Gasteiger partial charge in [0, 0.05) is 24.0 Å². The summed E-state index contributed by atoms with van der Waals surface area (Å²) in [7, 11) is -1.79. The molecule has 9 heteroatoms. The van der Waals surface area contributed by atoms with E-state index in [4.69, 9.17) is 4.74 Å². The first-order valence-corrected chi connectivity index (χ1v) is 12.4. The maximum Gasteiger partial charge on any atom is 0.243 e. The Morgan fingerprint density at radius 3 is 2.45 bits per heavy atom. The predicted octanol–water partition coefficient (Wildman–Crippen LogP) is 4.44. The van der Waals surface area contributed by atoms with Crippen LogP contribution in [0.5, 0.6) is 5.75 Å². The summed E-state index contributed by atoms with van der Waals surface area (Å²) in [5.74, 6) is 0.796. The van der Waals surface area contributed by atoms with E-state index in [1.807, 2.05) is 29.6 Å². The number of sulfonamides is 1. The number of benzene rings is 2. The molecule has 2 heterocycles. The molecule has 0 aliphatic carbocycles. The third kappa shape index (κ3) is 5.12. The van der Waals surface area contributed by atoms with Gasteiger partial charge in [0.1, 0.15) is 5.75 Å². The third-order valence-electron chi connectivity index (χ3n) is 5.10. The number of hydrogen-bond donors (Lipinski definition) is 1. The first-order valence-electron chi connectivity index (χ1n) is 10.1. The second-order valence-electron chi connectivity index (χ2n) is 7.17. The highest BCUT2D eigenvalue weighted by Crippen LogP contribution is 2.27. The van der Waals surface area contributed by atoms with Gasteiger partial charge in [-0.25, -0.2) is 13.4 Å². The van der Waals surface area contributed by atoms with Gasteiger partial charge >= 0.3 is 0 Å². The van der Waals surface area contributed by atoms with Gasteiger partial charge < -0.3 is 4.74 Å². The molecule has 0 spiro atoms. The highest BCUT2D eigenvalue weighted by atomic mass is 32.2. The van der Waals surface area contributed by atoms with E-state index >= 15 is 0 Å². The summed E-state index contributed by atoms with van der Waals surface area (Å²) in [6.07, 6.45) is 4.65. The van der Waals surface area contributed by atoms with Gasteiger partial charge in [0.15, 0.2) is 0 Å². The number of methoxy groups -OCH3 is 1. The molecule has 3 aromatic rings. The molecule has 2 aromatic carbocycles. The Hall–Kier alpha value is -2.75. The second-order valence-corrected chi connectivity index (χ2v) is 9.97. The molecule has 162 valence electrons. The number of aromatic nitrogens is 1. The van der Waals surface area contributed by atoms with Gasteiger partial charge in [-0.3, -0.25) is 5.43 Å². The van der Waals surface area contributed by atoms with Crippen LogP contribution in [0.15, 0.2) is 63.9 Å². The van der Waals surface area contributed by atoms with Crippen molar-refractivity contribution < 1.29 is 13.2 Å². The van der Waals surface area contributed by atoms with E-state index in [2.05, 4.69) is 15.5 Å². The zero-order chi connectivity index (χ0) is 21.7. The Kier molecular flexibility index (Phi) is 6.64. The summed E-state index contributed by atoms with van der Waals surface area (Å²) in [6, 6.07) is 14.5. The number of hydrogen-bond acceptors (Lipinski definition) is 7. The first-order chi connectivity index (χ1) is 15.1. The van der Waals surface area contributed by atoms with Gasteiger partial charge in [0.05, 0.1) is 23.9 Å². The predicted molar refractivity (Wildman–Crippen MR) is 124 cm³/mol. The number of nitrogens with zero attached hydrogens (tertiary/aromatic N) is 3. The Morgan fingerprint density at radius 1 is 1.06 bits per heavy atom.